The summed E-state index contributed by atoms with van der Waals surface area (Å²) < 4.78 is 39.2. The van der Waals surface area contributed by atoms with E-state index in [1.165, 1.54) is 20.3 Å². The van der Waals surface area contributed by atoms with Crippen LogP contribution in [-0.4, -0.2) is 28.5 Å². The fourth-order valence-electron chi connectivity index (χ4n) is 3.39. The lowest BCUT2D eigenvalue weighted by molar-refractivity contribution is 0.102. The predicted molar refractivity (Wildman–Crippen MR) is 125 cm³/mol. The maximum Gasteiger partial charge on any atom is 0.262 e. The van der Waals surface area contributed by atoms with Crippen molar-refractivity contribution in [3.8, 4) is 11.5 Å². The zero-order chi connectivity index (χ0) is 23.5. The maximum atomic E-state index is 13.1. The fourth-order valence-corrected chi connectivity index (χ4v) is 4.70. The SMILES string of the molecule is COc1ccc(NC(=O)c2ccc(C)c(S(=O)(=O)Nc3cc(C)cc(C)c3)c2)cc1OC. The van der Waals surface area contributed by atoms with E-state index in [1.807, 2.05) is 19.9 Å². The zero-order valence-electron chi connectivity index (χ0n) is 18.6. The van der Waals surface area contributed by atoms with Crippen molar-refractivity contribution in [2.24, 2.45) is 0 Å². The van der Waals surface area contributed by atoms with Gasteiger partial charge in [-0.05, 0) is 73.9 Å². The van der Waals surface area contributed by atoms with Crippen LogP contribution in [0.5, 0.6) is 11.5 Å². The highest BCUT2D eigenvalue weighted by atomic mass is 32.2. The third-order valence-corrected chi connectivity index (χ3v) is 6.38. The van der Waals surface area contributed by atoms with E-state index < -0.39 is 15.9 Å². The van der Waals surface area contributed by atoms with E-state index in [2.05, 4.69) is 10.0 Å². The average Bonchev–Trinajstić information content (AvgIpc) is 2.72. The second-order valence-electron chi connectivity index (χ2n) is 7.49. The predicted octanol–water partition coefficient (Wildman–Crippen LogP) is 4.68. The fraction of sp³-hybridized carbons (Fsp3) is 0.208. The number of carbonyl (C=O) groups excluding carboxylic acids is 1. The Hall–Kier alpha value is -3.52. The van der Waals surface area contributed by atoms with Crippen LogP contribution in [0.3, 0.4) is 0 Å². The van der Waals surface area contributed by atoms with E-state index in [0.717, 1.165) is 11.1 Å². The van der Waals surface area contributed by atoms with E-state index in [9.17, 15) is 13.2 Å². The number of amides is 1. The first-order valence-electron chi connectivity index (χ1n) is 9.88. The van der Waals surface area contributed by atoms with Crippen LogP contribution in [0.2, 0.25) is 0 Å². The topological polar surface area (TPSA) is 93.7 Å². The van der Waals surface area contributed by atoms with Gasteiger partial charge in [0.25, 0.3) is 15.9 Å². The summed E-state index contributed by atoms with van der Waals surface area (Å²) in [6, 6.07) is 15.0. The minimum atomic E-state index is -3.89. The molecule has 8 heteroatoms. The second kappa shape index (κ2) is 9.32. The largest absolute Gasteiger partial charge is 0.493 e. The molecule has 0 aliphatic carbocycles. The van der Waals surface area contributed by atoms with Crippen molar-refractivity contribution < 1.29 is 22.7 Å². The van der Waals surface area contributed by atoms with Crippen LogP contribution in [-0.2, 0) is 10.0 Å². The Morgan fingerprint density at radius 1 is 0.781 bits per heavy atom. The van der Waals surface area contributed by atoms with Gasteiger partial charge in [-0.25, -0.2) is 8.42 Å². The molecule has 0 spiro atoms. The number of carbonyl (C=O) groups is 1. The van der Waals surface area contributed by atoms with Crippen LogP contribution in [0.4, 0.5) is 11.4 Å². The van der Waals surface area contributed by atoms with Crippen molar-refractivity contribution in [1.29, 1.82) is 0 Å². The number of sulfonamides is 1. The van der Waals surface area contributed by atoms with Gasteiger partial charge in [-0.2, -0.15) is 0 Å². The highest BCUT2D eigenvalue weighted by Gasteiger charge is 2.20. The highest BCUT2D eigenvalue weighted by molar-refractivity contribution is 7.92. The average molecular weight is 455 g/mol. The molecular formula is C24H26N2O5S. The molecule has 3 rings (SSSR count). The summed E-state index contributed by atoms with van der Waals surface area (Å²) in [4.78, 5) is 12.8. The molecule has 3 aromatic rings. The number of anilines is 2. The van der Waals surface area contributed by atoms with Crippen molar-refractivity contribution in [2.45, 2.75) is 25.7 Å². The number of rotatable bonds is 7. The molecule has 0 saturated carbocycles. The van der Waals surface area contributed by atoms with Crippen molar-refractivity contribution in [2.75, 3.05) is 24.3 Å². The molecule has 0 radical (unpaired) electrons. The molecular weight excluding hydrogens is 428 g/mol. The molecule has 3 aromatic carbocycles. The summed E-state index contributed by atoms with van der Waals surface area (Å²) in [6.07, 6.45) is 0. The molecule has 168 valence electrons. The number of hydrogen-bond acceptors (Lipinski definition) is 5. The first kappa shape index (κ1) is 23.1. The third-order valence-electron chi connectivity index (χ3n) is 4.86. The Morgan fingerprint density at radius 2 is 1.44 bits per heavy atom. The van der Waals surface area contributed by atoms with E-state index in [4.69, 9.17) is 9.47 Å². The molecule has 0 aromatic heterocycles. The van der Waals surface area contributed by atoms with Gasteiger partial charge in [0, 0.05) is 23.0 Å². The molecule has 32 heavy (non-hydrogen) atoms. The van der Waals surface area contributed by atoms with Crippen LogP contribution in [0.25, 0.3) is 0 Å². The van der Waals surface area contributed by atoms with Crippen molar-refractivity contribution in [3.05, 3.63) is 76.9 Å². The highest BCUT2D eigenvalue weighted by Crippen LogP contribution is 2.30. The lowest BCUT2D eigenvalue weighted by Gasteiger charge is -2.14. The number of benzene rings is 3. The maximum absolute atomic E-state index is 13.1. The molecule has 0 bridgehead atoms. The molecule has 0 saturated heterocycles. The number of methoxy groups -OCH3 is 2. The van der Waals surface area contributed by atoms with Gasteiger partial charge in [-0.1, -0.05) is 12.1 Å². The van der Waals surface area contributed by atoms with Crippen LogP contribution >= 0.6 is 0 Å². The second-order valence-corrected chi connectivity index (χ2v) is 9.14. The molecule has 0 aliphatic rings. The Morgan fingerprint density at radius 3 is 2.06 bits per heavy atom. The minimum absolute atomic E-state index is 0.0385. The van der Waals surface area contributed by atoms with Gasteiger partial charge in [0.15, 0.2) is 11.5 Å². The van der Waals surface area contributed by atoms with Crippen LogP contribution in [0, 0.1) is 20.8 Å². The summed E-state index contributed by atoms with van der Waals surface area (Å²) in [5.41, 5.74) is 3.61. The van der Waals surface area contributed by atoms with Crippen molar-refractivity contribution in [3.63, 3.8) is 0 Å². The van der Waals surface area contributed by atoms with Crippen molar-refractivity contribution in [1.82, 2.24) is 0 Å². The Bertz CT molecular complexity index is 1250. The Kier molecular flexibility index (Phi) is 6.74. The van der Waals surface area contributed by atoms with Crippen LogP contribution < -0.4 is 19.5 Å². The number of aryl methyl sites for hydroxylation is 3. The lowest BCUT2D eigenvalue weighted by atomic mass is 10.1. The van der Waals surface area contributed by atoms with Gasteiger partial charge >= 0.3 is 0 Å². The molecule has 0 heterocycles. The van der Waals surface area contributed by atoms with E-state index in [-0.39, 0.29) is 10.5 Å². The van der Waals surface area contributed by atoms with Gasteiger partial charge in [0.1, 0.15) is 0 Å². The summed E-state index contributed by atoms with van der Waals surface area (Å²) in [5.74, 6) is 0.557. The first-order valence-corrected chi connectivity index (χ1v) is 11.4. The van der Waals surface area contributed by atoms with Gasteiger partial charge < -0.3 is 14.8 Å². The number of nitrogens with one attached hydrogen (secondary N) is 2. The van der Waals surface area contributed by atoms with E-state index in [0.29, 0.717) is 28.4 Å². The van der Waals surface area contributed by atoms with Gasteiger partial charge in [0.05, 0.1) is 19.1 Å². The first-order chi connectivity index (χ1) is 15.1. The van der Waals surface area contributed by atoms with E-state index in [1.54, 1.807) is 49.4 Å². The summed E-state index contributed by atoms with van der Waals surface area (Å²) >= 11 is 0. The minimum Gasteiger partial charge on any atom is -0.493 e. The van der Waals surface area contributed by atoms with Gasteiger partial charge in [-0.15, -0.1) is 0 Å². The number of hydrogen-bond donors (Lipinski definition) is 2. The molecule has 0 fully saturated rings. The van der Waals surface area contributed by atoms with Gasteiger partial charge in [-0.3, -0.25) is 9.52 Å². The Labute approximate surface area is 188 Å². The quantitative estimate of drug-likeness (QED) is 0.541. The summed E-state index contributed by atoms with van der Waals surface area (Å²) in [7, 11) is -0.865. The molecule has 1 amide bonds. The normalized spacial score (nSPS) is 11.0. The molecule has 7 nitrogen and oxygen atoms in total. The monoisotopic (exact) mass is 454 g/mol. The molecule has 0 atom stereocenters. The van der Waals surface area contributed by atoms with Crippen LogP contribution in [0.15, 0.2) is 59.5 Å². The van der Waals surface area contributed by atoms with Crippen molar-refractivity contribution >= 4 is 27.3 Å². The lowest BCUT2D eigenvalue weighted by Crippen LogP contribution is -2.17. The Balaban J connectivity index is 1.88. The summed E-state index contributed by atoms with van der Waals surface area (Å²) in [6.45, 7) is 5.48. The smallest absolute Gasteiger partial charge is 0.262 e. The van der Waals surface area contributed by atoms with Crippen LogP contribution in [0.1, 0.15) is 27.0 Å². The standard InChI is InChI=1S/C24H26N2O5S/c1-15-10-16(2)12-20(11-15)26-32(28,29)23-13-18(7-6-17(23)3)24(27)25-19-8-9-21(30-4)22(14-19)31-5/h6-14,26H,1-5H3,(H,25,27). The van der Waals surface area contributed by atoms with Gasteiger partial charge in [0.2, 0.25) is 0 Å². The third kappa shape index (κ3) is 5.20. The molecule has 0 aliphatic heterocycles. The molecule has 0 unspecified atom stereocenters. The van der Waals surface area contributed by atoms with E-state index >= 15 is 0 Å². The molecule has 2 N–H and O–H groups in total. The zero-order valence-corrected chi connectivity index (χ0v) is 19.5. The summed E-state index contributed by atoms with van der Waals surface area (Å²) in [5, 5.41) is 2.76. The number of ether oxygens (including phenoxy) is 2.